The zero-order valence-electron chi connectivity index (χ0n) is 11.2. The van der Waals surface area contributed by atoms with Crippen LogP contribution in [0.1, 0.15) is 34.3 Å². The first kappa shape index (κ1) is 15.9. The number of benzene rings is 2. The fraction of sp³-hybridized carbons (Fsp3) is 0.125. The molecule has 1 unspecified atom stereocenters. The largest absolute Gasteiger partial charge is 0.387 e. The monoisotopic (exact) mass is 288 g/mol. The molecule has 0 aromatic heterocycles. The first-order chi connectivity index (χ1) is 9.09. The van der Waals surface area contributed by atoms with E-state index in [2.05, 4.69) is 0 Å². The fourth-order valence-corrected chi connectivity index (χ4v) is 1.88. The van der Waals surface area contributed by atoms with Crippen LogP contribution in [0.5, 0.6) is 0 Å². The summed E-state index contributed by atoms with van der Waals surface area (Å²) in [5.41, 5.74) is 7.67. The molecule has 0 radical (unpaired) electrons. The molecule has 0 spiro atoms. The van der Waals surface area contributed by atoms with Crippen LogP contribution in [-0.2, 0) is 0 Å². The van der Waals surface area contributed by atoms with Gasteiger partial charge in [0.05, 0.1) is 5.84 Å². The molecular formula is C16H17ClN2O. The number of carbonyl (C=O) groups excluding carboxylic acids is 1. The molecule has 0 saturated carbocycles. The summed E-state index contributed by atoms with van der Waals surface area (Å²) in [6, 6.07) is 16.5. The molecule has 0 bridgehead atoms. The Kier molecular flexibility index (Phi) is 5.47. The predicted molar refractivity (Wildman–Crippen MR) is 83.9 cm³/mol. The predicted octanol–water partition coefficient (Wildman–Crippen LogP) is 3.38. The molecule has 1 atom stereocenters. The zero-order valence-corrected chi connectivity index (χ0v) is 12.0. The summed E-state index contributed by atoms with van der Waals surface area (Å²) in [6.45, 7) is 1.86. The molecule has 3 N–H and O–H groups in total. The highest BCUT2D eigenvalue weighted by molar-refractivity contribution is 6.09. The van der Waals surface area contributed by atoms with Crippen molar-refractivity contribution in [3.05, 3.63) is 71.3 Å². The topological polar surface area (TPSA) is 66.9 Å². The van der Waals surface area contributed by atoms with Crippen molar-refractivity contribution in [2.75, 3.05) is 0 Å². The van der Waals surface area contributed by atoms with Crippen LogP contribution in [0, 0.1) is 5.41 Å². The Bertz CT molecular complexity index is 611. The van der Waals surface area contributed by atoms with Crippen molar-refractivity contribution in [3.8, 4) is 0 Å². The Morgan fingerprint density at radius 2 is 1.65 bits per heavy atom. The quantitative estimate of drug-likeness (QED) is 0.514. The number of nitrogens with two attached hydrogens (primary N) is 1. The number of nitrogens with one attached hydrogen (secondary N) is 1. The lowest BCUT2D eigenvalue weighted by Gasteiger charge is -2.11. The molecule has 20 heavy (non-hydrogen) atoms. The Morgan fingerprint density at radius 3 is 2.25 bits per heavy atom. The summed E-state index contributed by atoms with van der Waals surface area (Å²) in [7, 11) is 0. The molecule has 0 aliphatic carbocycles. The van der Waals surface area contributed by atoms with Gasteiger partial charge in [0.1, 0.15) is 0 Å². The second-order valence-corrected chi connectivity index (χ2v) is 4.50. The molecule has 104 valence electrons. The maximum Gasteiger partial charge on any atom is 0.193 e. The van der Waals surface area contributed by atoms with E-state index in [4.69, 9.17) is 11.1 Å². The fourth-order valence-electron chi connectivity index (χ4n) is 1.88. The third kappa shape index (κ3) is 3.45. The number of hydrogen-bond donors (Lipinski definition) is 2. The molecule has 0 aliphatic rings. The Balaban J connectivity index is 0.00000200. The molecule has 0 aliphatic heterocycles. The summed E-state index contributed by atoms with van der Waals surface area (Å²) in [5.74, 6) is -0.0916. The third-order valence-electron chi connectivity index (χ3n) is 3.15. The lowest BCUT2D eigenvalue weighted by atomic mass is 9.95. The van der Waals surface area contributed by atoms with Gasteiger partial charge in [-0.05, 0) is 11.6 Å². The Labute approximate surface area is 124 Å². The smallest absolute Gasteiger partial charge is 0.193 e. The van der Waals surface area contributed by atoms with Crippen molar-refractivity contribution in [2.45, 2.75) is 12.8 Å². The molecule has 0 saturated heterocycles. The van der Waals surface area contributed by atoms with Gasteiger partial charge in [0.25, 0.3) is 0 Å². The maximum absolute atomic E-state index is 12.3. The zero-order chi connectivity index (χ0) is 13.8. The molecule has 2 aromatic carbocycles. The van der Waals surface area contributed by atoms with E-state index < -0.39 is 0 Å². The standard InChI is InChI=1S/C16H16N2O.ClH/c1-11(16(17)18)13-8-5-9-14(10-13)15(19)12-6-3-2-4-7-12;/h2-11H,1H3,(H3,17,18);1H. The highest BCUT2D eigenvalue weighted by Crippen LogP contribution is 2.18. The van der Waals surface area contributed by atoms with Gasteiger partial charge in [-0.25, -0.2) is 0 Å². The summed E-state index contributed by atoms with van der Waals surface area (Å²) >= 11 is 0. The van der Waals surface area contributed by atoms with Crippen LogP contribution in [0.2, 0.25) is 0 Å². The summed E-state index contributed by atoms with van der Waals surface area (Å²) in [4.78, 5) is 12.3. The molecule has 0 heterocycles. The van der Waals surface area contributed by atoms with Crippen LogP contribution in [0.15, 0.2) is 54.6 Å². The van der Waals surface area contributed by atoms with Crippen LogP contribution in [0.25, 0.3) is 0 Å². The van der Waals surface area contributed by atoms with E-state index in [0.717, 1.165) is 5.56 Å². The van der Waals surface area contributed by atoms with Gasteiger partial charge in [0, 0.05) is 17.0 Å². The second-order valence-electron chi connectivity index (χ2n) is 4.50. The van der Waals surface area contributed by atoms with Gasteiger partial charge in [-0.2, -0.15) is 0 Å². The van der Waals surface area contributed by atoms with Gasteiger partial charge >= 0.3 is 0 Å². The third-order valence-corrected chi connectivity index (χ3v) is 3.15. The van der Waals surface area contributed by atoms with Crippen molar-refractivity contribution in [1.29, 1.82) is 5.41 Å². The van der Waals surface area contributed by atoms with Crippen molar-refractivity contribution < 1.29 is 4.79 Å². The Hall–Kier alpha value is -2.13. The van der Waals surface area contributed by atoms with E-state index in [-0.39, 0.29) is 29.9 Å². The van der Waals surface area contributed by atoms with Gasteiger partial charge in [0.2, 0.25) is 0 Å². The van der Waals surface area contributed by atoms with E-state index >= 15 is 0 Å². The minimum Gasteiger partial charge on any atom is -0.387 e. The Morgan fingerprint density at radius 1 is 1.05 bits per heavy atom. The van der Waals surface area contributed by atoms with Gasteiger partial charge in [-0.3, -0.25) is 10.2 Å². The summed E-state index contributed by atoms with van der Waals surface area (Å²) < 4.78 is 0. The van der Waals surface area contributed by atoms with Crippen molar-refractivity contribution in [1.82, 2.24) is 0 Å². The number of amidine groups is 1. The average molecular weight is 289 g/mol. The van der Waals surface area contributed by atoms with Crippen LogP contribution in [-0.4, -0.2) is 11.6 Å². The average Bonchev–Trinajstić information content (AvgIpc) is 2.46. The van der Waals surface area contributed by atoms with Crippen LogP contribution in [0.4, 0.5) is 0 Å². The lowest BCUT2D eigenvalue weighted by Crippen LogP contribution is -2.18. The van der Waals surface area contributed by atoms with Crippen molar-refractivity contribution in [3.63, 3.8) is 0 Å². The van der Waals surface area contributed by atoms with Gasteiger partial charge in [0.15, 0.2) is 5.78 Å². The molecule has 2 rings (SSSR count). The minimum absolute atomic E-state index is 0. The molecular weight excluding hydrogens is 272 g/mol. The van der Waals surface area contributed by atoms with E-state index in [1.807, 2.05) is 37.3 Å². The molecule has 2 aromatic rings. The normalized spacial score (nSPS) is 11.2. The minimum atomic E-state index is -0.177. The van der Waals surface area contributed by atoms with Crippen molar-refractivity contribution in [2.24, 2.45) is 5.73 Å². The first-order valence-corrected chi connectivity index (χ1v) is 6.13. The van der Waals surface area contributed by atoms with Crippen molar-refractivity contribution >= 4 is 24.0 Å². The second kappa shape index (κ2) is 6.87. The van der Waals surface area contributed by atoms with Crippen LogP contribution < -0.4 is 5.73 Å². The lowest BCUT2D eigenvalue weighted by molar-refractivity contribution is 0.103. The van der Waals surface area contributed by atoms with E-state index in [0.29, 0.717) is 11.1 Å². The van der Waals surface area contributed by atoms with E-state index in [9.17, 15) is 4.79 Å². The number of hydrogen-bond acceptors (Lipinski definition) is 2. The molecule has 0 fully saturated rings. The maximum atomic E-state index is 12.3. The van der Waals surface area contributed by atoms with Crippen LogP contribution in [0.3, 0.4) is 0 Å². The summed E-state index contributed by atoms with van der Waals surface area (Å²) in [5, 5.41) is 7.47. The number of carbonyl (C=O) groups is 1. The highest BCUT2D eigenvalue weighted by atomic mass is 35.5. The van der Waals surface area contributed by atoms with E-state index in [1.54, 1.807) is 24.3 Å². The van der Waals surface area contributed by atoms with Gasteiger partial charge in [-0.15, -0.1) is 12.4 Å². The number of rotatable bonds is 4. The van der Waals surface area contributed by atoms with Gasteiger partial charge in [-0.1, -0.05) is 55.5 Å². The summed E-state index contributed by atoms with van der Waals surface area (Å²) in [6.07, 6.45) is 0. The van der Waals surface area contributed by atoms with E-state index in [1.165, 1.54) is 0 Å². The molecule has 4 heteroatoms. The van der Waals surface area contributed by atoms with Gasteiger partial charge < -0.3 is 5.73 Å². The first-order valence-electron chi connectivity index (χ1n) is 6.13. The molecule has 3 nitrogen and oxygen atoms in total. The highest BCUT2D eigenvalue weighted by Gasteiger charge is 2.13. The SMILES string of the molecule is CC(C(=N)N)c1cccc(C(=O)c2ccccc2)c1.Cl. The number of halogens is 1. The number of ketones is 1. The molecule has 0 amide bonds. The van der Waals surface area contributed by atoms with Crippen LogP contribution >= 0.6 is 12.4 Å².